The molecule has 0 unspecified atom stereocenters. The van der Waals surface area contributed by atoms with Crippen LogP contribution in [0.25, 0.3) is 22.6 Å². The van der Waals surface area contributed by atoms with Crippen LogP contribution < -0.4 is 10.1 Å². The summed E-state index contributed by atoms with van der Waals surface area (Å²) in [5.41, 5.74) is 3.79. The Kier molecular flexibility index (Phi) is 7.57. The first-order valence-electron chi connectivity index (χ1n) is 11.1. The molecule has 0 bridgehead atoms. The molecule has 2 heterocycles. The Hall–Kier alpha value is -3.98. The minimum atomic E-state index is -0.491. The average molecular weight is 492 g/mol. The Bertz CT molecular complexity index is 1310. The second-order valence-corrected chi connectivity index (χ2v) is 8.60. The molecule has 0 spiro atoms. The molecule has 0 saturated carbocycles. The first-order valence-corrected chi connectivity index (χ1v) is 12.0. The SMILES string of the molecule is CCOC(=O)c1c(-c2ccc(OC)cc2)csc1NC(=O)CCc1nnc(-c2ccc(C)cc2)o1. The lowest BCUT2D eigenvalue weighted by Crippen LogP contribution is -2.15. The summed E-state index contributed by atoms with van der Waals surface area (Å²) in [5.74, 6) is 0.726. The number of methoxy groups -OCH3 is 1. The fourth-order valence-electron chi connectivity index (χ4n) is 3.42. The molecule has 1 amide bonds. The number of anilines is 1. The number of rotatable bonds is 9. The first kappa shape index (κ1) is 24.2. The van der Waals surface area contributed by atoms with E-state index in [1.165, 1.54) is 11.3 Å². The summed E-state index contributed by atoms with van der Waals surface area (Å²) in [6.07, 6.45) is 0.393. The van der Waals surface area contributed by atoms with Crippen LogP contribution in [0.15, 0.2) is 58.3 Å². The molecule has 0 aliphatic rings. The second kappa shape index (κ2) is 11.0. The Labute approximate surface area is 206 Å². The lowest BCUT2D eigenvalue weighted by Gasteiger charge is -2.09. The minimum Gasteiger partial charge on any atom is -0.497 e. The van der Waals surface area contributed by atoms with Gasteiger partial charge in [-0.05, 0) is 43.7 Å². The molecule has 0 saturated heterocycles. The lowest BCUT2D eigenvalue weighted by atomic mass is 10.0. The molecule has 2 aromatic heterocycles. The van der Waals surface area contributed by atoms with Crippen molar-refractivity contribution in [2.45, 2.75) is 26.7 Å². The van der Waals surface area contributed by atoms with Gasteiger partial charge in [-0.2, -0.15) is 0 Å². The third-order valence-electron chi connectivity index (χ3n) is 5.26. The van der Waals surface area contributed by atoms with Crippen LogP contribution in [0.1, 0.15) is 35.2 Å². The van der Waals surface area contributed by atoms with Gasteiger partial charge >= 0.3 is 5.97 Å². The van der Waals surface area contributed by atoms with Crippen molar-refractivity contribution in [2.75, 3.05) is 19.0 Å². The molecule has 35 heavy (non-hydrogen) atoms. The van der Waals surface area contributed by atoms with Crippen molar-refractivity contribution >= 4 is 28.2 Å². The van der Waals surface area contributed by atoms with Crippen molar-refractivity contribution in [2.24, 2.45) is 0 Å². The Morgan fingerprint density at radius 2 is 1.74 bits per heavy atom. The maximum absolute atomic E-state index is 12.7. The molecule has 0 aliphatic heterocycles. The van der Waals surface area contributed by atoms with E-state index in [9.17, 15) is 9.59 Å². The van der Waals surface area contributed by atoms with Crippen LogP contribution in [-0.2, 0) is 16.0 Å². The van der Waals surface area contributed by atoms with Crippen molar-refractivity contribution in [3.63, 3.8) is 0 Å². The third kappa shape index (κ3) is 5.75. The topological polar surface area (TPSA) is 104 Å². The number of nitrogens with zero attached hydrogens (tertiary/aromatic N) is 2. The summed E-state index contributed by atoms with van der Waals surface area (Å²) < 4.78 is 16.2. The van der Waals surface area contributed by atoms with Gasteiger partial charge in [-0.1, -0.05) is 29.8 Å². The van der Waals surface area contributed by atoms with Crippen LogP contribution in [0.2, 0.25) is 0 Å². The fraction of sp³-hybridized carbons (Fsp3) is 0.231. The molecule has 2 aromatic carbocycles. The van der Waals surface area contributed by atoms with E-state index in [4.69, 9.17) is 13.9 Å². The standard InChI is InChI=1S/C26H25N3O5S/c1-4-33-26(31)23-20(17-9-11-19(32-3)12-10-17)15-35-25(23)27-21(30)13-14-22-28-29-24(34-22)18-7-5-16(2)6-8-18/h5-12,15H,4,13-14H2,1-3H3,(H,27,30). The molecule has 0 fully saturated rings. The van der Waals surface area contributed by atoms with E-state index < -0.39 is 5.97 Å². The molecule has 8 nitrogen and oxygen atoms in total. The van der Waals surface area contributed by atoms with Crippen LogP contribution >= 0.6 is 11.3 Å². The molecule has 180 valence electrons. The first-order chi connectivity index (χ1) is 17.0. The summed E-state index contributed by atoms with van der Waals surface area (Å²) in [5, 5.41) is 13.2. The summed E-state index contributed by atoms with van der Waals surface area (Å²) >= 11 is 1.27. The Morgan fingerprint density at radius 3 is 2.43 bits per heavy atom. The zero-order valence-electron chi connectivity index (χ0n) is 19.7. The Morgan fingerprint density at radius 1 is 1.03 bits per heavy atom. The molecule has 1 N–H and O–H groups in total. The lowest BCUT2D eigenvalue weighted by molar-refractivity contribution is -0.116. The number of aromatic nitrogens is 2. The second-order valence-electron chi connectivity index (χ2n) is 7.72. The maximum atomic E-state index is 12.7. The van der Waals surface area contributed by atoms with Gasteiger partial charge in [0.1, 0.15) is 16.3 Å². The summed E-state index contributed by atoms with van der Waals surface area (Å²) in [7, 11) is 1.59. The van der Waals surface area contributed by atoms with Crippen LogP contribution in [0, 0.1) is 6.92 Å². The largest absolute Gasteiger partial charge is 0.497 e. The normalized spacial score (nSPS) is 10.7. The van der Waals surface area contributed by atoms with Gasteiger partial charge in [0, 0.05) is 29.3 Å². The highest BCUT2D eigenvalue weighted by Crippen LogP contribution is 2.37. The monoisotopic (exact) mass is 491 g/mol. The molecule has 0 radical (unpaired) electrons. The van der Waals surface area contributed by atoms with Crippen molar-refractivity contribution in [3.8, 4) is 28.3 Å². The molecular weight excluding hydrogens is 466 g/mol. The van der Waals surface area contributed by atoms with Gasteiger partial charge in [-0.3, -0.25) is 4.79 Å². The van der Waals surface area contributed by atoms with E-state index in [2.05, 4.69) is 15.5 Å². The molecule has 9 heteroatoms. The van der Waals surface area contributed by atoms with Crippen LogP contribution in [-0.4, -0.2) is 35.8 Å². The number of thiophene rings is 1. The average Bonchev–Trinajstić information content (AvgIpc) is 3.51. The van der Waals surface area contributed by atoms with E-state index in [1.807, 2.05) is 60.8 Å². The summed E-state index contributed by atoms with van der Waals surface area (Å²) in [4.78, 5) is 25.4. The number of aryl methyl sites for hydroxylation is 2. The highest BCUT2D eigenvalue weighted by atomic mass is 32.1. The van der Waals surface area contributed by atoms with E-state index in [-0.39, 0.29) is 25.4 Å². The van der Waals surface area contributed by atoms with E-state index in [0.717, 1.165) is 16.7 Å². The van der Waals surface area contributed by atoms with Gasteiger partial charge < -0.3 is 19.2 Å². The number of amides is 1. The molecular formula is C26H25N3O5S. The Balaban J connectivity index is 1.46. The number of carbonyl (C=O) groups is 2. The third-order valence-corrected chi connectivity index (χ3v) is 6.15. The number of benzene rings is 2. The van der Waals surface area contributed by atoms with Gasteiger partial charge in [0.05, 0.1) is 13.7 Å². The number of carbonyl (C=O) groups excluding carboxylic acids is 2. The van der Waals surface area contributed by atoms with Gasteiger partial charge in [-0.15, -0.1) is 21.5 Å². The minimum absolute atomic E-state index is 0.119. The zero-order valence-corrected chi connectivity index (χ0v) is 20.5. The molecule has 0 aliphatic carbocycles. The highest BCUT2D eigenvalue weighted by Gasteiger charge is 2.23. The fourth-order valence-corrected chi connectivity index (χ4v) is 4.39. The zero-order chi connectivity index (χ0) is 24.8. The maximum Gasteiger partial charge on any atom is 0.341 e. The van der Waals surface area contributed by atoms with E-state index in [1.54, 1.807) is 14.0 Å². The molecule has 4 aromatic rings. The number of ether oxygens (including phenoxy) is 2. The van der Waals surface area contributed by atoms with Crippen molar-refractivity contribution < 1.29 is 23.5 Å². The van der Waals surface area contributed by atoms with Crippen LogP contribution in [0.3, 0.4) is 0 Å². The van der Waals surface area contributed by atoms with Crippen molar-refractivity contribution in [3.05, 3.63) is 70.9 Å². The number of hydrogen-bond acceptors (Lipinski definition) is 8. The van der Waals surface area contributed by atoms with Crippen LogP contribution in [0.5, 0.6) is 5.75 Å². The van der Waals surface area contributed by atoms with Crippen molar-refractivity contribution in [1.29, 1.82) is 0 Å². The smallest absolute Gasteiger partial charge is 0.341 e. The van der Waals surface area contributed by atoms with Crippen LogP contribution in [0.4, 0.5) is 5.00 Å². The van der Waals surface area contributed by atoms with E-state index >= 15 is 0 Å². The van der Waals surface area contributed by atoms with Crippen molar-refractivity contribution in [1.82, 2.24) is 10.2 Å². The number of hydrogen-bond donors (Lipinski definition) is 1. The van der Waals surface area contributed by atoms with Gasteiger partial charge in [0.2, 0.25) is 17.7 Å². The van der Waals surface area contributed by atoms with Gasteiger partial charge in [-0.25, -0.2) is 4.79 Å². The molecule has 0 atom stereocenters. The highest BCUT2D eigenvalue weighted by molar-refractivity contribution is 7.15. The summed E-state index contributed by atoms with van der Waals surface area (Å²) in [6.45, 7) is 3.97. The van der Waals surface area contributed by atoms with E-state index in [0.29, 0.717) is 33.7 Å². The predicted molar refractivity (Wildman–Crippen MR) is 134 cm³/mol. The van der Waals surface area contributed by atoms with Gasteiger partial charge in [0.15, 0.2) is 0 Å². The number of nitrogens with one attached hydrogen (secondary N) is 1. The predicted octanol–water partition coefficient (Wildman–Crippen LogP) is 5.53. The quantitative estimate of drug-likeness (QED) is 0.307. The number of esters is 1. The molecule has 4 rings (SSSR count). The summed E-state index contributed by atoms with van der Waals surface area (Å²) in [6, 6.07) is 15.1. The van der Waals surface area contributed by atoms with Gasteiger partial charge in [0.25, 0.3) is 0 Å².